The molecule has 4 heteroatoms. The number of hydrogen-bond donors (Lipinski definition) is 2. The first-order valence-electron chi connectivity index (χ1n) is 6.56. The number of nitrogens with zero attached hydrogens (tertiary/aromatic N) is 2. The monoisotopic (exact) mass is 228 g/mol. The van der Waals surface area contributed by atoms with E-state index in [2.05, 4.69) is 36.1 Å². The van der Waals surface area contributed by atoms with E-state index < -0.39 is 0 Å². The van der Waals surface area contributed by atoms with Crippen LogP contribution in [0.1, 0.15) is 52.9 Å². The fourth-order valence-corrected chi connectivity index (χ4v) is 1.48. The molecule has 0 aromatic carbocycles. The molecule has 16 heavy (non-hydrogen) atoms. The van der Waals surface area contributed by atoms with Gasteiger partial charge >= 0.3 is 0 Å². The van der Waals surface area contributed by atoms with Crippen LogP contribution in [-0.2, 0) is 0 Å². The van der Waals surface area contributed by atoms with E-state index in [4.69, 9.17) is 5.84 Å². The van der Waals surface area contributed by atoms with Gasteiger partial charge in [-0.25, -0.2) is 5.84 Å². The fraction of sp³-hybridized carbons (Fsp3) is 0.917. The molecule has 0 radical (unpaired) electrons. The summed E-state index contributed by atoms with van der Waals surface area (Å²) in [5.74, 6) is 6.39. The Bertz CT molecular complexity index is 172. The fourth-order valence-electron chi connectivity index (χ4n) is 1.48. The van der Waals surface area contributed by atoms with Crippen molar-refractivity contribution in [3.05, 3.63) is 0 Å². The SMILES string of the molecule is CCCCN(CCCC)C(=NCCC)NN. The summed E-state index contributed by atoms with van der Waals surface area (Å²) in [7, 11) is 0. The highest BCUT2D eigenvalue weighted by Crippen LogP contribution is 2.00. The Morgan fingerprint density at radius 2 is 1.62 bits per heavy atom. The van der Waals surface area contributed by atoms with Crippen LogP contribution in [0.2, 0.25) is 0 Å². The molecule has 0 aromatic rings. The van der Waals surface area contributed by atoms with Crippen LogP contribution < -0.4 is 11.3 Å². The third-order valence-electron chi connectivity index (χ3n) is 2.48. The maximum absolute atomic E-state index is 5.54. The van der Waals surface area contributed by atoms with Crippen molar-refractivity contribution in [2.45, 2.75) is 52.9 Å². The smallest absolute Gasteiger partial charge is 0.208 e. The van der Waals surface area contributed by atoms with Gasteiger partial charge in [-0.2, -0.15) is 0 Å². The number of rotatable bonds is 8. The Kier molecular flexibility index (Phi) is 10.2. The molecule has 0 spiro atoms. The number of nitrogens with two attached hydrogens (primary N) is 1. The van der Waals surface area contributed by atoms with Crippen LogP contribution in [0.5, 0.6) is 0 Å². The second-order valence-electron chi connectivity index (χ2n) is 4.04. The highest BCUT2D eigenvalue weighted by atomic mass is 15.4. The molecule has 0 rings (SSSR count). The Labute approximate surface area is 100 Å². The van der Waals surface area contributed by atoms with Crippen LogP contribution in [0.25, 0.3) is 0 Å². The average Bonchev–Trinajstić information content (AvgIpc) is 2.32. The maximum Gasteiger partial charge on any atom is 0.208 e. The summed E-state index contributed by atoms with van der Waals surface area (Å²) in [6.45, 7) is 9.47. The molecule has 0 aromatic heterocycles. The first-order chi connectivity index (χ1) is 7.79. The summed E-state index contributed by atoms with van der Waals surface area (Å²) in [6, 6.07) is 0. The van der Waals surface area contributed by atoms with E-state index in [9.17, 15) is 0 Å². The zero-order chi connectivity index (χ0) is 12.2. The predicted molar refractivity (Wildman–Crippen MR) is 71.3 cm³/mol. The van der Waals surface area contributed by atoms with Crippen molar-refractivity contribution in [1.82, 2.24) is 10.3 Å². The van der Waals surface area contributed by atoms with Gasteiger partial charge in [-0.05, 0) is 19.3 Å². The van der Waals surface area contributed by atoms with Gasteiger partial charge in [0.25, 0.3) is 0 Å². The second kappa shape index (κ2) is 10.7. The molecule has 0 aliphatic rings. The van der Waals surface area contributed by atoms with Gasteiger partial charge in [-0.1, -0.05) is 33.6 Å². The lowest BCUT2D eigenvalue weighted by atomic mass is 10.3. The minimum absolute atomic E-state index is 0.842. The summed E-state index contributed by atoms with van der Waals surface area (Å²) >= 11 is 0. The molecule has 3 N–H and O–H groups in total. The van der Waals surface area contributed by atoms with Gasteiger partial charge < -0.3 is 4.90 Å². The van der Waals surface area contributed by atoms with Crippen LogP contribution in [0, 0.1) is 0 Å². The summed E-state index contributed by atoms with van der Waals surface area (Å²) in [5.41, 5.74) is 2.73. The van der Waals surface area contributed by atoms with Gasteiger partial charge in [0.1, 0.15) is 0 Å². The molecule has 0 atom stereocenters. The second-order valence-corrected chi connectivity index (χ2v) is 4.04. The third-order valence-corrected chi connectivity index (χ3v) is 2.48. The number of guanidine groups is 1. The molecule has 0 fully saturated rings. The van der Waals surface area contributed by atoms with Crippen LogP contribution in [0.15, 0.2) is 4.99 Å². The van der Waals surface area contributed by atoms with Crippen molar-refractivity contribution < 1.29 is 0 Å². The van der Waals surface area contributed by atoms with Crippen LogP contribution >= 0.6 is 0 Å². The first kappa shape index (κ1) is 15.2. The summed E-state index contributed by atoms with van der Waals surface area (Å²) in [6.07, 6.45) is 5.84. The van der Waals surface area contributed by atoms with E-state index in [0.717, 1.165) is 32.0 Å². The molecule has 0 unspecified atom stereocenters. The molecule has 0 aliphatic carbocycles. The zero-order valence-corrected chi connectivity index (χ0v) is 11.1. The Morgan fingerprint density at radius 1 is 1.06 bits per heavy atom. The van der Waals surface area contributed by atoms with Crippen molar-refractivity contribution in [2.24, 2.45) is 10.8 Å². The lowest BCUT2D eigenvalue weighted by Crippen LogP contribution is -2.45. The molecule has 4 nitrogen and oxygen atoms in total. The van der Waals surface area contributed by atoms with Crippen molar-refractivity contribution in [2.75, 3.05) is 19.6 Å². The van der Waals surface area contributed by atoms with Crippen LogP contribution in [0.4, 0.5) is 0 Å². The highest BCUT2D eigenvalue weighted by molar-refractivity contribution is 5.79. The van der Waals surface area contributed by atoms with Gasteiger partial charge in [0, 0.05) is 19.6 Å². The van der Waals surface area contributed by atoms with Crippen molar-refractivity contribution in [1.29, 1.82) is 0 Å². The predicted octanol–water partition coefficient (Wildman–Crippen LogP) is 2.12. The van der Waals surface area contributed by atoms with Crippen LogP contribution in [0.3, 0.4) is 0 Å². The number of nitrogens with one attached hydrogen (secondary N) is 1. The lowest BCUT2D eigenvalue weighted by Gasteiger charge is -2.25. The third kappa shape index (κ3) is 6.67. The largest absolute Gasteiger partial charge is 0.342 e. The van der Waals surface area contributed by atoms with Gasteiger partial charge in [-0.3, -0.25) is 10.4 Å². The van der Waals surface area contributed by atoms with E-state index in [1.165, 1.54) is 25.7 Å². The van der Waals surface area contributed by atoms with Gasteiger partial charge in [0.15, 0.2) is 0 Å². The number of unbranched alkanes of at least 4 members (excludes halogenated alkanes) is 2. The topological polar surface area (TPSA) is 53.6 Å². The van der Waals surface area contributed by atoms with E-state index in [0.29, 0.717) is 0 Å². The van der Waals surface area contributed by atoms with E-state index >= 15 is 0 Å². The molecule has 0 bridgehead atoms. The number of hydrogen-bond acceptors (Lipinski definition) is 2. The van der Waals surface area contributed by atoms with Gasteiger partial charge in [-0.15, -0.1) is 0 Å². The average molecular weight is 228 g/mol. The van der Waals surface area contributed by atoms with Gasteiger partial charge in [0.05, 0.1) is 0 Å². The Hall–Kier alpha value is -0.770. The minimum atomic E-state index is 0.842. The van der Waals surface area contributed by atoms with E-state index in [1.54, 1.807) is 0 Å². The van der Waals surface area contributed by atoms with Crippen LogP contribution in [-0.4, -0.2) is 30.5 Å². The minimum Gasteiger partial charge on any atom is -0.342 e. The highest BCUT2D eigenvalue weighted by Gasteiger charge is 2.08. The summed E-state index contributed by atoms with van der Waals surface area (Å²) < 4.78 is 0. The molecule has 0 amide bonds. The normalized spacial score (nSPS) is 11.6. The van der Waals surface area contributed by atoms with Crippen molar-refractivity contribution in [3.63, 3.8) is 0 Å². The maximum atomic E-state index is 5.54. The Morgan fingerprint density at radius 3 is 2.00 bits per heavy atom. The van der Waals surface area contributed by atoms with E-state index in [-0.39, 0.29) is 0 Å². The van der Waals surface area contributed by atoms with Crippen molar-refractivity contribution >= 4 is 5.96 Å². The zero-order valence-electron chi connectivity index (χ0n) is 11.1. The molecule has 0 saturated heterocycles. The number of hydrazine groups is 1. The summed E-state index contributed by atoms with van der Waals surface area (Å²) in [4.78, 5) is 6.74. The molecule has 96 valence electrons. The molecular formula is C12H28N4. The standard InChI is InChI=1S/C12H28N4/c1-4-7-10-16(11-8-5-2)12(15-13)14-9-6-3/h4-11,13H2,1-3H3,(H,14,15). The molecule has 0 heterocycles. The Balaban J connectivity index is 4.29. The molecular weight excluding hydrogens is 200 g/mol. The molecule has 0 aliphatic heterocycles. The van der Waals surface area contributed by atoms with Crippen molar-refractivity contribution in [3.8, 4) is 0 Å². The van der Waals surface area contributed by atoms with E-state index in [1.807, 2.05) is 0 Å². The molecule has 0 saturated carbocycles. The first-order valence-corrected chi connectivity index (χ1v) is 6.56. The quantitative estimate of drug-likeness (QED) is 0.289. The number of aliphatic imine (C=N–C) groups is 1. The lowest BCUT2D eigenvalue weighted by molar-refractivity contribution is 0.384. The summed E-state index contributed by atoms with van der Waals surface area (Å²) in [5, 5.41) is 0. The van der Waals surface area contributed by atoms with Gasteiger partial charge in [0.2, 0.25) is 5.96 Å².